The third-order valence-corrected chi connectivity index (χ3v) is 7.58. The maximum absolute atomic E-state index is 14.3. The molecule has 10 nitrogen and oxygen atoms in total. The molecule has 43 heavy (non-hydrogen) atoms. The number of halogens is 1. The number of ether oxygens (including phenoxy) is 1. The number of para-hydroxylation sites is 2. The van der Waals surface area contributed by atoms with Crippen LogP contribution in [0.1, 0.15) is 22.8 Å². The van der Waals surface area contributed by atoms with E-state index >= 15 is 0 Å². The van der Waals surface area contributed by atoms with Gasteiger partial charge in [0.1, 0.15) is 5.75 Å². The van der Waals surface area contributed by atoms with Crippen LogP contribution >= 0.6 is 15.9 Å². The molecule has 4 aromatic carbocycles. The monoisotopic (exact) mass is 643 g/mol. The van der Waals surface area contributed by atoms with E-state index in [0.717, 1.165) is 20.8 Å². The molecular weight excluding hydrogens is 614 g/mol. The lowest BCUT2D eigenvalue weighted by Crippen LogP contribution is -2.63. The summed E-state index contributed by atoms with van der Waals surface area (Å²) in [6.45, 7) is 1.47. The number of benzene rings is 4. The van der Waals surface area contributed by atoms with Gasteiger partial charge in [0.25, 0.3) is 11.8 Å². The Kier molecular flexibility index (Phi) is 8.74. The molecule has 0 aliphatic carbocycles. The van der Waals surface area contributed by atoms with Gasteiger partial charge >= 0.3 is 0 Å². The highest BCUT2D eigenvalue weighted by atomic mass is 79.9. The van der Waals surface area contributed by atoms with Gasteiger partial charge < -0.3 is 25.6 Å². The number of carbonyl (C=O) groups is 4. The molecule has 5 rings (SSSR count). The Labute approximate surface area is 257 Å². The second-order valence-electron chi connectivity index (χ2n) is 9.96. The molecule has 0 saturated carbocycles. The van der Waals surface area contributed by atoms with E-state index in [1.807, 2.05) is 30.3 Å². The van der Waals surface area contributed by atoms with E-state index < -0.39 is 23.9 Å². The molecule has 220 valence electrons. The maximum Gasteiger partial charge on any atom is 0.271 e. The number of methoxy groups -OCH3 is 1. The van der Waals surface area contributed by atoms with Crippen LogP contribution < -0.4 is 30.5 Å². The fourth-order valence-corrected chi connectivity index (χ4v) is 5.57. The number of hydrogen-bond acceptors (Lipinski definition) is 6. The van der Waals surface area contributed by atoms with Crippen molar-refractivity contribution in [3.63, 3.8) is 0 Å². The van der Waals surface area contributed by atoms with Crippen LogP contribution in [0.4, 0.5) is 17.1 Å². The number of likely N-dealkylation sites (N-methyl/N-ethyl adjacent to an activating group) is 1. The van der Waals surface area contributed by atoms with Crippen molar-refractivity contribution in [1.82, 2.24) is 10.6 Å². The van der Waals surface area contributed by atoms with Gasteiger partial charge in [0.05, 0.1) is 31.6 Å². The molecule has 3 N–H and O–H groups in total. The minimum absolute atomic E-state index is 0.0507. The first-order chi connectivity index (χ1) is 20.7. The van der Waals surface area contributed by atoms with Crippen molar-refractivity contribution in [1.29, 1.82) is 0 Å². The molecule has 0 bridgehead atoms. The normalized spacial score (nSPS) is 14.3. The van der Waals surface area contributed by atoms with Gasteiger partial charge in [0.15, 0.2) is 6.17 Å². The second-order valence-corrected chi connectivity index (χ2v) is 10.9. The van der Waals surface area contributed by atoms with Gasteiger partial charge in [-0.25, -0.2) is 0 Å². The molecule has 0 fully saturated rings. The molecule has 11 heteroatoms. The summed E-state index contributed by atoms with van der Waals surface area (Å²) in [6.07, 6.45) is -1.33. The maximum atomic E-state index is 14.3. The highest BCUT2D eigenvalue weighted by Crippen LogP contribution is 2.40. The number of anilines is 3. The van der Waals surface area contributed by atoms with Gasteiger partial charge in [0.2, 0.25) is 11.8 Å². The Bertz CT molecular complexity index is 1730. The average molecular weight is 645 g/mol. The third kappa shape index (κ3) is 6.08. The fourth-order valence-electron chi connectivity index (χ4n) is 5.19. The standard InChI is InChI=1S/C32H30BrN5O5/c1-19(39)35-23-12-8-20(9-13-23)31(41)38-27-7-5-4-6-26(27)37(32(42)30(38)36-29(40)17-34-2)18-25-24-14-11-22(33)16-21(24)10-15-28(25)43-3/h4-16,30,34H,17-18H2,1-3H3,(H,35,39)(H,36,40). The fraction of sp³-hybridized carbons (Fsp3) is 0.188. The lowest BCUT2D eigenvalue weighted by molar-refractivity contribution is -0.127. The molecule has 4 aromatic rings. The Morgan fingerprint density at radius 1 is 0.953 bits per heavy atom. The largest absolute Gasteiger partial charge is 0.496 e. The molecule has 1 heterocycles. The number of nitrogens with one attached hydrogen (secondary N) is 3. The number of nitrogens with zero attached hydrogens (tertiary/aromatic N) is 2. The van der Waals surface area contributed by atoms with Crippen LogP contribution in [-0.2, 0) is 20.9 Å². The molecule has 0 aromatic heterocycles. The van der Waals surface area contributed by atoms with Gasteiger partial charge in [0, 0.05) is 28.2 Å². The minimum atomic E-state index is -1.33. The van der Waals surface area contributed by atoms with Crippen LogP contribution in [0.5, 0.6) is 5.75 Å². The minimum Gasteiger partial charge on any atom is -0.496 e. The van der Waals surface area contributed by atoms with Crippen molar-refractivity contribution >= 4 is 67.4 Å². The first-order valence-corrected chi connectivity index (χ1v) is 14.3. The zero-order chi connectivity index (χ0) is 30.7. The Hall–Kier alpha value is -4.74. The summed E-state index contributed by atoms with van der Waals surface area (Å²) in [5.41, 5.74) is 2.55. The van der Waals surface area contributed by atoms with Gasteiger partial charge in [-0.15, -0.1) is 0 Å². The average Bonchev–Trinajstić information content (AvgIpc) is 2.99. The SMILES string of the molecule is CNCC(=O)NC1C(=O)N(Cc2c(OC)ccc3cc(Br)ccc23)c2ccccc2N1C(=O)c1ccc(NC(C)=O)cc1. The topological polar surface area (TPSA) is 120 Å². The molecule has 4 amide bonds. The van der Waals surface area contributed by atoms with E-state index in [9.17, 15) is 19.2 Å². The van der Waals surface area contributed by atoms with Crippen molar-refractivity contribution in [2.75, 3.05) is 35.8 Å². The van der Waals surface area contributed by atoms with Gasteiger partial charge in [-0.3, -0.25) is 24.1 Å². The highest BCUT2D eigenvalue weighted by Gasteiger charge is 2.42. The van der Waals surface area contributed by atoms with Gasteiger partial charge in [-0.2, -0.15) is 0 Å². The predicted octanol–water partition coefficient (Wildman–Crippen LogP) is 4.42. The molecular formula is C32H30BrN5O5. The van der Waals surface area contributed by atoms with Crippen molar-refractivity contribution in [2.24, 2.45) is 0 Å². The Balaban J connectivity index is 1.61. The van der Waals surface area contributed by atoms with Crippen molar-refractivity contribution < 1.29 is 23.9 Å². The number of fused-ring (bicyclic) bond motifs is 2. The second kappa shape index (κ2) is 12.6. The molecule has 1 unspecified atom stereocenters. The summed E-state index contributed by atoms with van der Waals surface area (Å²) < 4.78 is 6.62. The first kappa shape index (κ1) is 29.7. The van der Waals surface area contributed by atoms with Crippen LogP contribution in [0.3, 0.4) is 0 Å². The Morgan fingerprint density at radius 2 is 1.67 bits per heavy atom. The van der Waals surface area contributed by atoms with Crippen molar-refractivity contribution in [2.45, 2.75) is 19.6 Å². The summed E-state index contributed by atoms with van der Waals surface area (Å²) in [7, 11) is 3.20. The van der Waals surface area contributed by atoms with Crippen LogP contribution in [0.2, 0.25) is 0 Å². The lowest BCUT2D eigenvalue weighted by Gasteiger charge is -2.42. The number of carbonyl (C=O) groups excluding carboxylic acids is 4. The zero-order valence-corrected chi connectivity index (χ0v) is 25.4. The predicted molar refractivity (Wildman–Crippen MR) is 169 cm³/mol. The Morgan fingerprint density at radius 3 is 2.35 bits per heavy atom. The van der Waals surface area contributed by atoms with Crippen LogP contribution in [0.15, 0.2) is 83.3 Å². The summed E-state index contributed by atoms with van der Waals surface area (Å²) >= 11 is 3.52. The molecule has 1 atom stereocenters. The smallest absolute Gasteiger partial charge is 0.271 e. The molecule has 1 aliphatic heterocycles. The summed E-state index contributed by atoms with van der Waals surface area (Å²) in [5, 5.41) is 10.1. The quantitative estimate of drug-likeness (QED) is 0.261. The molecule has 0 spiro atoms. The number of rotatable bonds is 8. The van der Waals surface area contributed by atoms with Crippen molar-refractivity contribution in [3.05, 3.63) is 94.5 Å². The van der Waals surface area contributed by atoms with E-state index in [1.165, 1.54) is 11.8 Å². The summed E-state index contributed by atoms with van der Waals surface area (Å²) in [6, 6.07) is 23.1. The summed E-state index contributed by atoms with van der Waals surface area (Å²) in [5.74, 6) is -1.06. The van der Waals surface area contributed by atoms with Crippen LogP contribution in [0, 0.1) is 0 Å². The van der Waals surface area contributed by atoms with Crippen molar-refractivity contribution in [3.8, 4) is 5.75 Å². The van der Waals surface area contributed by atoms with Gasteiger partial charge in [-0.1, -0.05) is 40.2 Å². The highest BCUT2D eigenvalue weighted by molar-refractivity contribution is 9.10. The van der Waals surface area contributed by atoms with E-state index in [0.29, 0.717) is 22.8 Å². The van der Waals surface area contributed by atoms with E-state index in [-0.39, 0.29) is 24.6 Å². The van der Waals surface area contributed by atoms with Gasteiger partial charge in [-0.05, 0) is 72.4 Å². The summed E-state index contributed by atoms with van der Waals surface area (Å²) in [4.78, 5) is 55.6. The van der Waals surface area contributed by atoms with E-state index in [1.54, 1.807) is 67.6 Å². The van der Waals surface area contributed by atoms with E-state index in [2.05, 4.69) is 31.9 Å². The van der Waals surface area contributed by atoms with Crippen LogP contribution in [0.25, 0.3) is 10.8 Å². The molecule has 0 radical (unpaired) electrons. The molecule has 0 saturated heterocycles. The third-order valence-electron chi connectivity index (χ3n) is 7.08. The lowest BCUT2D eigenvalue weighted by atomic mass is 10.0. The number of hydrogen-bond donors (Lipinski definition) is 3. The molecule has 1 aliphatic rings. The number of amides is 4. The van der Waals surface area contributed by atoms with Crippen LogP contribution in [-0.4, -0.2) is 50.5 Å². The zero-order valence-electron chi connectivity index (χ0n) is 23.8. The van der Waals surface area contributed by atoms with E-state index in [4.69, 9.17) is 4.74 Å². The first-order valence-electron chi connectivity index (χ1n) is 13.5.